The Morgan fingerprint density at radius 3 is 2.53 bits per heavy atom. The Hall–Kier alpha value is -1.55. The number of nitrogens with zero attached hydrogens (tertiary/aromatic N) is 1. The zero-order valence-corrected chi connectivity index (χ0v) is 11.4. The molecule has 0 spiro atoms. The fourth-order valence-corrected chi connectivity index (χ4v) is 1.82. The maximum atomic E-state index is 12.9. The zero-order chi connectivity index (χ0) is 14.6. The van der Waals surface area contributed by atoms with E-state index >= 15 is 0 Å². The highest BCUT2D eigenvalue weighted by molar-refractivity contribution is 9.08. The highest BCUT2D eigenvalue weighted by Gasteiger charge is 2.36. The molecule has 0 saturated heterocycles. The molecule has 0 N–H and O–H groups in total. The van der Waals surface area contributed by atoms with Gasteiger partial charge in [0, 0.05) is 5.33 Å². The lowest BCUT2D eigenvalue weighted by atomic mass is 9.98. The van der Waals surface area contributed by atoms with E-state index in [1.807, 2.05) is 0 Å². The van der Waals surface area contributed by atoms with E-state index in [2.05, 4.69) is 20.7 Å². The minimum absolute atomic E-state index is 0.0175. The van der Waals surface area contributed by atoms with Crippen molar-refractivity contribution in [1.82, 2.24) is 0 Å². The SMILES string of the molecule is CCOC(=O)c1cc(CBr)cc(C(F)(F)F)c1C#N. The summed E-state index contributed by atoms with van der Waals surface area (Å²) in [7, 11) is 0. The van der Waals surface area contributed by atoms with Gasteiger partial charge >= 0.3 is 12.1 Å². The highest BCUT2D eigenvalue weighted by Crippen LogP contribution is 2.34. The maximum Gasteiger partial charge on any atom is 0.417 e. The molecule has 1 aromatic rings. The maximum absolute atomic E-state index is 12.9. The number of rotatable bonds is 3. The van der Waals surface area contributed by atoms with Gasteiger partial charge in [-0.15, -0.1) is 0 Å². The Balaban J connectivity index is 3.54. The van der Waals surface area contributed by atoms with Crippen LogP contribution in [0, 0.1) is 11.3 Å². The Kier molecular flexibility index (Phi) is 4.95. The van der Waals surface area contributed by atoms with Gasteiger partial charge < -0.3 is 4.74 Å². The average Bonchev–Trinajstić information content (AvgIpc) is 2.36. The molecule has 19 heavy (non-hydrogen) atoms. The molecule has 0 aromatic heterocycles. The van der Waals surface area contributed by atoms with Crippen molar-refractivity contribution < 1.29 is 22.7 Å². The third-order valence-electron chi connectivity index (χ3n) is 2.26. The monoisotopic (exact) mass is 335 g/mol. The topological polar surface area (TPSA) is 50.1 Å². The fourth-order valence-electron chi connectivity index (χ4n) is 1.49. The number of alkyl halides is 4. The quantitative estimate of drug-likeness (QED) is 0.625. The van der Waals surface area contributed by atoms with Crippen LogP contribution in [0.4, 0.5) is 13.2 Å². The van der Waals surface area contributed by atoms with Crippen molar-refractivity contribution in [3.8, 4) is 6.07 Å². The van der Waals surface area contributed by atoms with Gasteiger partial charge in [0.25, 0.3) is 0 Å². The van der Waals surface area contributed by atoms with Crippen LogP contribution in [0.3, 0.4) is 0 Å². The van der Waals surface area contributed by atoms with Crippen molar-refractivity contribution in [2.75, 3.05) is 6.61 Å². The van der Waals surface area contributed by atoms with Crippen LogP contribution >= 0.6 is 15.9 Å². The molecule has 3 nitrogen and oxygen atoms in total. The van der Waals surface area contributed by atoms with Gasteiger partial charge in [-0.3, -0.25) is 0 Å². The molecule has 7 heteroatoms. The van der Waals surface area contributed by atoms with Crippen molar-refractivity contribution in [2.24, 2.45) is 0 Å². The summed E-state index contributed by atoms with van der Waals surface area (Å²) in [6.07, 6.45) is -4.70. The molecule has 0 aliphatic heterocycles. The first-order chi connectivity index (χ1) is 8.85. The molecule has 0 fully saturated rings. The van der Waals surface area contributed by atoms with E-state index in [0.29, 0.717) is 0 Å². The lowest BCUT2D eigenvalue weighted by Crippen LogP contribution is -2.15. The normalized spacial score (nSPS) is 10.9. The van der Waals surface area contributed by atoms with E-state index in [1.54, 1.807) is 0 Å². The van der Waals surface area contributed by atoms with Gasteiger partial charge in [-0.1, -0.05) is 15.9 Å². The molecule has 102 valence electrons. The molecule has 0 saturated carbocycles. The molecule has 0 bridgehead atoms. The van der Waals surface area contributed by atoms with E-state index in [-0.39, 0.29) is 23.1 Å². The number of ether oxygens (including phenoxy) is 1. The summed E-state index contributed by atoms with van der Waals surface area (Å²) >= 11 is 3.02. The van der Waals surface area contributed by atoms with Crippen LogP contribution in [0.25, 0.3) is 0 Å². The molecule has 0 aliphatic carbocycles. The first-order valence-corrected chi connectivity index (χ1v) is 6.34. The number of hydrogen-bond donors (Lipinski definition) is 0. The highest BCUT2D eigenvalue weighted by atomic mass is 79.9. The van der Waals surface area contributed by atoms with Crippen LogP contribution < -0.4 is 0 Å². The number of esters is 1. The molecule has 0 radical (unpaired) electrons. The predicted molar refractivity (Wildman–Crippen MR) is 64.7 cm³/mol. The Bertz CT molecular complexity index is 535. The van der Waals surface area contributed by atoms with Gasteiger partial charge in [-0.05, 0) is 24.6 Å². The number of nitriles is 1. The minimum atomic E-state index is -4.70. The van der Waals surface area contributed by atoms with E-state index in [0.717, 1.165) is 6.07 Å². The van der Waals surface area contributed by atoms with Crippen LogP contribution in [-0.2, 0) is 16.2 Å². The van der Waals surface area contributed by atoms with Crippen molar-refractivity contribution in [3.05, 3.63) is 34.4 Å². The van der Waals surface area contributed by atoms with Gasteiger partial charge in [0.1, 0.15) is 6.07 Å². The van der Waals surface area contributed by atoms with Gasteiger partial charge in [-0.25, -0.2) is 4.79 Å². The molecular weight excluding hydrogens is 327 g/mol. The number of halogens is 4. The second-order valence-corrected chi connectivity index (χ2v) is 4.09. The summed E-state index contributed by atoms with van der Waals surface area (Å²) in [4.78, 5) is 11.6. The Labute approximate surface area is 116 Å². The zero-order valence-electron chi connectivity index (χ0n) is 9.84. The number of carbonyl (C=O) groups excluding carboxylic acids is 1. The van der Waals surface area contributed by atoms with Gasteiger partial charge in [-0.2, -0.15) is 18.4 Å². The summed E-state index contributed by atoms with van der Waals surface area (Å²) in [6.45, 7) is 1.55. The van der Waals surface area contributed by atoms with Crippen molar-refractivity contribution in [1.29, 1.82) is 5.26 Å². The molecule has 0 atom stereocenters. The van der Waals surface area contributed by atoms with Crippen LogP contribution in [0.5, 0.6) is 0 Å². The van der Waals surface area contributed by atoms with Crippen molar-refractivity contribution >= 4 is 21.9 Å². The predicted octanol–water partition coefficient (Wildman–Crippen LogP) is 3.65. The fraction of sp³-hybridized carbons (Fsp3) is 0.333. The smallest absolute Gasteiger partial charge is 0.417 e. The third kappa shape index (κ3) is 3.47. The standard InChI is InChI=1S/C12H9BrF3NO2/c1-2-19-11(18)8-3-7(5-13)4-10(9(8)6-17)12(14,15)16/h3-4H,2,5H2,1H3. The largest absolute Gasteiger partial charge is 0.462 e. The van der Waals surface area contributed by atoms with Gasteiger partial charge in [0.15, 0.2) is 0 Å². The summed E-state index contributed by atoms with van der Waals surface area (Å²) in [5, 5.41) is 9.01. The number of benzene rings is 1. The number of carbonyl (C=O) groups is 1. The second kappa shape index (κ2) is 6.06. The van der Waals surface area contributed by atoms with Crippen molar-refractivity contribution in [2.45, 2.75) is 18.4 Å². The van der Waals surface area contributed by atoms with Crippen LogP contribution in [-0.4, -0.2) is 12.6 Å². The molecule has 1 rings (SSSR count). The molecule has 0 heterocycles. The minimum Gasteiger partial charge on any atom is -0.462 e. The molecule has 1 aromatic carbocycles. The molecule has 0 aliphatic rings. The number of hydrogen-bond acceptors (Lipinski definition) is 3. The summed E-state index contributed by atoms with van der Waals surface area (Å²) in [5.74, 6) is -0.938. The summed E-state index contributed by atoms with van der Waals surface area (Å²) < 4.78 is 43.3. The second-order valence-electron chi connectivity index (χ2n) is 3.53. The Morgan fingerprint density at radius 2 is 2.11 bits per heavy atom. The third-order valence-corrected chi connectivity index (χ3v) is 2.91. The van der Waals surface area contributed by atoms with Crippen LogP contribution in [0.1, 0.15) is 34.0 Å². The molecular formula is C12H9BrF3NO2. The van der Waals surface area contributed by atoms with Crippen LogP contribution in [0.2, 0.25) is 0 Å². The molecule has 0 unspecified atom stereocenters. The molecule has 0 amide bonds. The summed E-state index contributed by atoms with van der Waals surface area (Å²) in [6, 6.07) is 3.49. The first-order valence-electron chi connectivity index (χ1n) is 5.22. The van der Waals surface area contributed by atoms with E-state index < -0.39 is 23.3 Å². The summed E-state index contributed by atoms with van der Waals surface area (Å²) in [5.41, 5.74) is -1.96. The van der Waals surface area contributed by atoms with Gasteiger partial charge in [0.05, 0.1) is 23.3 Å². The average molecular weight is 336 g/mol. The van der Waals surface area contributed by atoms with E-state index in [1.165, 1.54) is 19.1 Å². The first kappa shape index (κ1) is 15.5. The lowest BCUT2D eigenvalue weighted by Gasteiger charge is -2.13. The Morgan fingerprint density at radius 1 is 1.47 bits per heavy atom. The van der Waals surface area contributed by atoms with E-state index in [9.17, 15) is 18.0 Å². The van der Waals surface area contributed by atoms with Gasteiger partial charge in [0.2, 0.25) is 0 Å². The van der Waals surface area contributed by atoms with Crippen LogP contribution in [0.15, 0.2) is 12.1 Å². The van der Waals surface area contributed by atoms with E-state index in [4.69, 9.17) is 5.26 Å². The lowest BCUT2D eigenvalue weighted by molar-refractivity contribution is -0.137. The van der Waals surface area contributed by atoms with Crippen molar-refractivity contribution in [3.63, 3.8) is 0 Å².